The van der Waals surface area contributed by atoms with E-state index in [4.69, 9.17) is 5.14 Å². The Morgan fingerprint density at radius 1 is 0.872 bits per heavy atom. The van der Waals surface area contributed by atoms with Crippen molar-refractivity contribution in [3.05, 3.63) is 64.7 Å². The molecule has 12 nitrogen and oxygen atoms in total. The highest BCUT2D eigenvalue weighted by Gasteiger charge is 2.29. The number of aliphatic hydroxyl groups excluding tert-OH is 1. The summed E-state index contributed by atoms with van der Waals surface area (Å²) in [4.78, 5) is 30.5. The number of halogens is 2. The molecule has 5 N–H and O–H groups in total. The van der Waals surface area contributed by atoms with Crippen LogP contribution in [0.25, 0.3) is 0 Å². The largest absolute Gasteiger partial charge is 0.390 e. The predicted molar refractivity (Wildman–Crippen MR) is 175 cm³/mol. The molecule has 0 saturated carbocycles. The summed E-state index contributed by atoms with van der Waals surface area (Å²) < 4.78 is 78.2. The summed E-state index contributed by atoms with van der Waals surface area (Å²) in [5.74, 6) is -3.20. The lowest BCUT2D eigenvalue weighted by atomic mass is 9.99. The SMILES string of the molecule is CCCCN(CC(O)C(Cc1cc(F)cc(F)c1)NC(=O)c1cc(C(=O)N(CCC)CCC)cc(S(N)(=O)=O)c1)NS(=O)(=O)C(C)C. The molecular weight excluding hydrogens is 656 g/mol. The highest BCUT2D eigenvalue weighted by molar-refractivity contribution is 7.90. The van der Waals surface area contributed by atoms with Crippen molar-refractivity contribution in [3.63, 3.8) is 0 Å². The van der Waals surface area contributed by atoms with E-state index < -0.39 is 65.8 Å². The molecule has 2 aromatic carbocycles. The summed E-state index contributed by atoms with van der Waals surface area (Å²) in [5, 5.41) is 19.8. The molecule has 2 unspecified atom stereocenters. The second kappa shape index (κ2) is 17.9. The van der Waals surface area contributed by atoms with Gasteiger partial charge in [0, 0.05) is 43.4 Å². The van der Waals surface area contributed by atoms with Crippen molar-refractivity contribution in [1.29, 1.82) is 0 Å². The van der Waals surface area contributed by atoms with Gasteiger partial charge in [-0.2, -0.15) is 0 Å². The van der Waals surface area contributed by atoms with E-state index in [2.05, 4.69) is 10.1 Å². The summed E-state index contributed by atoms with van der Waals surface area (Å²) in [5.41, 5.74) is -0.279. The lowest BCUT2D eigenvalue weighted by Crippen LogP contribution is -2.54. The zero-order chi connectivity index (χ0) is 35.5. The van der Waals surface area contributed by atoms with Crippen LogP contribution in [0.2, 0.25) is 0 Å². The number of sulfonamides is 2. The maximum Gasteiger partial charge on any atom is 0.253 e. The van der Waals surface area contributed by atoms with Crippen LogP contribution < -0.4 is 15.3 Å². The molecule has 2 atom stereocenters. The van der Waals surface area contributed by atoms with Gasteiger partial charge in [-0.25, -0.2) is 35.8 Å². The molecule has 2 rings (SSSR count). The molecule has 2 amide bonds. The number of primary sulfonamides is 1. The molecule has 0 aliphatic heterocycles. The number of hydrogen-bond acceptors (Lipinski definition) is 8. The molecule has 47 heavy (non-hydrogen) atoms. The van der Waals surface area contributed by atoms with Gasteiger partial charge in [0.05, 0.1) is 22.3 Å². The van der Waals surface area contributed by atoms with Crippen LogP contribution in [0, 0.1) is 11.6 Å². The number of nitrogens with two attached hydrogens (primary N) is 1. The monoisotopic (exact) mass is 703 g/mol. The van der Waals surface area contributed by atoms with Gasteiger partial charge in [-0.15, -0.1) is 4.83 Å². The Bertz CT molecular complexity index is 1560. The predicted octanol–water partition coefficient (Wildman–Crippen LogP) is 2.92. The topological polar surface area (TPSA) is 179 Å². The smallest absolute Gasteiger partial charge is 0.253 e. The lowest BCUT2D eigenvalue weighted by Gasteiger charge is -2.31. The van der Waals surface area contributed by atoms with E-state index in [0.717, 1.165) is 24.3 Å². The van der Waals surface area contributed by atoms with Crippen LogP contribution in [-0.2, 0) is 26.5 Å². The first-order chi connectivity index (χ1) is 21.9. The van der Waals surface area contributed by atoms with E-state index in [1.165, 1.54) is 29.8 Å². The molecule has 0 aliphatic carbocycles. The number of rotatable bonds is 19. The number of nitrogens with zero attached hydrogens (tertiary/aromatic N) is 2. The van der Waals surface area contributed by atoms with Gasteiger partial charge in [0.1, 0.15) is 11.6 Å². The first-order valence-corrected chi connectivity index (χ1v) is 18.7. The molecule has 0 saturated heterocycles. The maximum absolute atomic E-state index is 14.1. The minimum Gasteiger partial charge on any atom is -0.390 e. The number of nitrogens with one attached hydrogen (secondary N) is 2. The van der Waals surface area contributed by atoms with Gasteiger partial charge in [-0.05, 0) is 75.4 Å². The minimum atomic E-state index is -4.37. The molecule has 0 radical (unpaired) electrons. The fourth-order valence-corrected chi connectivity index (χ4v) is 6.05. The average Bonchev–Trinajstić information content (AvgIpc) is 2.97. The van der Waals surface area contributed by atoms with Crippen molar-refractivity contribution in [1.82, 2.24) is 20.1 Å². The van der Waals surface area contributed by atoms with Crippen molar-refractivity contribution >= 4 is 31.9 Å². The number of carbonyl (C=O) groups is 2. The van der Waals surface area contributed by atoms with Gasteiger partial charge in [0.2, 0.25) is 20.0 Å². The van der Waals surface area contributed by atoms with Gasteiger partial charge in [0.15, 0.2) is 0 Å². The highest BCUT2D eigenvalue weighted by atomic mass is 32.2. The van der Waals surface area contributed by atoms with Crippen LogP contribution in [0.3, 0.4) is 0 Å². The van der Waals surface area contributed by atoms with E-state index in [0.29, 0.717) is 44.8 Å². The number of hydrazine groups is 1. The fraction of sp³-hybridized carbons (Fsp3) is 0.548. The number of carbonyl (C=O) groups excluding carboxylic acids is 2. The fourth-order valence-electron chi connectivity index (χ4n) is 4.73. The first kappa shape index (κ1) is 40.2. The van der Waals surface area contributed by atoms with E-state index in [9.17, 15) is 40.3 Å². The van der Waals surface area contributed by atoms with Crippen molar-refractivity contribution < 1.29 is 40.3 Å². The second-order valence-corrected chi connectivity index (χ2v) is 15.5. The number of hydrogen-bond donors (Lipinski definition) is 4. The Hall–Kier alpha value is -3.02. The standard InChI is InChI=1S/C31H47F2N5O7S2/c1-6-9-12-38(36-47(44,45)21(4)5)20-29(39)28(15-22-13-25(32)19-26(33)14-22)35-30(40)23-16-24(18-27(17-23)46(34,42)43)31(41)37(10-7-2)11-8-3/h13-14,16-19,21,28-29,36,39H,6-12,15,20H2,1-5H3,(H,35,40)(H2,34,42,43). The average molecular weight is 704 g/mol. The summed E-state index contributed by atoms with van der Waals surface area (Å²) in [6.45, 7) is 9.29. The third kappa shape index (κ3) is 12.5. The number of benzene rings is 2. The first-order valence-electron chi connectivity index (χ1n) is 15.6. The molecule has 0 heterocycles. The van der Waals surface area contributed by atoms with Crippen LogP contribution in [0.4, 0.5) is 8.78 Å². The quantitative estimate of drug-likeness (QED) is 0.161. The third-order valence-corrected chi connectivity index (χ3v) is 9.89. The van der Waals surface area contributed by atoms with Crippen molar-refractivity contribution in [2.75, 3.05) is 26.2 Å². The zero-order valence-electron chi connectivity index (χ0n) is 27.5. The molecule has 0 aromatic heterocycles. The van der Waals surface area contributed by atoms with Crippen molar-refractivity contribution in [2.45, 2.75) is 89.0 Å². The molecule has 0 aliphatic rings. The normalized spacial score (nSPS) is 13.5. The molecule has 16 heteroatoms. The number of unbranched alkanes of at least 4 members (excludes halogenated alkanes) is 1. The van der Waals surface area contributed by atoms with Gasteiger partial charge in [0.25, 0.3) is 11.8 Å². The van der Waals surface area contributed by atoms with Crippen molar-refractivity contribution in [3.8, 4) is 0 Å². The Balaban J connectivity index is 2.55. The van der Waals surface area contributed by atoms with Crippen LogP contribution >= 0.6 is 0 Å². The van der Waals surface area contributed by atoms with E-state index in [-0.39, 0.29) is 36.2 Å². The van der Waals surface area contributed by atoms with Crippen LogP contribution in [0.1, 0.15) is 86.6 Å². The molecule has 0 spiro atoms. The van der Waals surface area contributed by atoms with Crippen LogP contribution in [-0.4, -0.2) is 87.2 Å². The lowest BCUT2D eigenvalue weighted by molar-refractivity contribution is 0.0613. The molecule has 0 bridgehead atoms. The summed E-state index contributed by atoms with van der Waals surface area (Å²) in [6, 6.07) is 4.74. The van der Waals surface area contributed by atoms with E-state index >= 15 is 0 Å². The van der Waals surface area contributed by atoms with Gasteiger partial charge in [-0.3, -0.25) is 9.59 Å². The highest BCUT2D eigenvalue weighted by Crippen LogP contribution is 2.19. The summed E-state index contributed by atoms with van der Waals surface area (Å²) >= 11 is 0. The number of aliphatic hydroxyl groups is 1. The maximum atomic E-state index is 14.1. The molecular formula is C31H47F2N5O7S2. The second-order valence-electron chi connectivity index (χ2n) is 11.7. The Labute approximate surface area is 276 Å². The van der Waals surface area contributed by atoms with Gasteiger partial charge in [-0.1, -0.05) is 27.2 Å². The summed E-state index contributed by atoms with van der Waals surface area (Å²) in [7, 11) is -8.18. The van der Waals surface area contributed by atoms with Gasteiger partial charge < -0.3 is 15.3 Å². The zero-order valence-corrected chi connectivity index (χ0v) is 29.1. The van der Waals surface area contributed by atoms with E-state index in [1.807, 2.05) is 20.8 Å². The molecule has 0 fully saturated rings. The van der Waals surface area contributed by atoms with Gasteiger partial charge >= 0.3 is 0 Å². The number of amides is 2. The molecule has 2 aromatic rings. The Morgan fingerprint density at radius 2 is 1.45 bits per heavy atom. The third-order valence-electron chi connectivity index (χ3n) is 7.24. The molecule has 264 valence electrons. The minimum absolute atomic E-state index is 0.0821. The van der Waals surface area contributed by atoms with Crippen LogP contribution in [0.5, 0.6) is 0 Å². The summed E-state index contributed by atoms with van der Waals surface area (Å²) in [6.07, 6.45) is 0.747. The van der Waals surface area contributed by atoms with Crippen molar-refractivity contribution in [2.24, 2.45) is 5.14 Å². The Morgan fingerprint density at radius 3 is 1.96 bits per heavy atom. The Kier molecular flexibility index (Phi) is 15.3. The van der Waals surface area contributed by atoms with E-state index in [1.54, 1.807) is 0 Å². The van der Waals surface area contributed by atoms with Crippen LogP contribution in [0.15, 0.2) is 41.3 Å².